The van der Waals surface area contributed by atoms with Gasteiger partial charge < -0.3 is 9.64 Å². The lowest BCUT2D eigenvalue weighted by Gasteiger charge is -2.38. The molecule has 0 saturated carbocycles. The molecule has 0 spiro atoms. The average molecular weight is 406 g/mol. The van der Waals surface area contributed by atoms with Gasteiger partial charge in [-0.1, -0.05) is 0 Å². The fourth-order valence-electron chi connectivity index (χ4n) is 4.02. The first-order valence-corrected chi connectivity index (χ1v) is 12.6. The highest BCUT2D eigenvalue weighted by Crippen LogP contribution is 2.25. The minimum atomic E-state index is -3.15. The van der Waals surface area contributed by atoms with Crippen LogP contribution in [-0.2, 0) is 19.6 Å². The molecule has 1 atom stereocenters. The average Bonchev–Trinajstić information content (AvgIpc) is 2.87. The van der Waals surface area contributed by atoms with E-state index >= 15 is 0 Å². The summed E-state index contributed by atoms with van der Waals surface area (Å²) in [5.41, 5.74) is 0. The number of rotatable bonds is 4. The van der Waals surface area contributed by atoms with Crippen LogP contribution in [0.15, 0.2) is 0 Å². The first-order valence-electron chi connectivity index (χ1n) is 9.58. The van der Waals surface area contributed by atoms with Crippen molar-refractivity contribution in [2.24, 2.45) is 5.92 Å². The first-order chi connectivity index (χ1) is 12.4. The van der Waals surface area contributed by atoms with E-state index in [1.54, 1.807) is 0 Å². The fourth-order valence-corrected chi connectivity index (χ4v) is 5.95. The van der Waals surface area contributed by atoms with Crippen molar-refractivity contribution < 1.29 is 17.9 Å². The van der Waals surface area contributed by atoms with Crippen LogP contribution in [0.2, 0.25) is 0 Å². The molecule has 0 aromatic rings. The third-order valence-electron chi connectivity index (χ3n) is 5.57. The smallest absolute Gasteiger partial charge is 0.226 e. The van der Waals surface area contributed by atoms with Gasteiger partial charge in [-0.2, -0.15) is 11.8 Å². The van der Waals surface area contributed by atoms with Gasteiger partial charge in [0.1, 0.15) is 0 Å². The Morgan fingerprint density at radius 1 is 1.12 bits per heavy atom. The SMILES string of the molecule is CS(=O)(=O)N1CCC(C(=O)N2CCCSCC2CN2CCOCC2)CC1. The zero-order chi connectivity index (χ0) is 18.6. The van der Waals surface area contributed by atoms with Crippen LogP contribution >= 0.6 is 11.8 Å². The Labute approximate surface area is 161 Å². The van der Waals surface area contributed by atoms with Gasteiger partial charge in [-0.25, -0.2) is 12.7 Å². The number of amides is 1. The highest BCUT2D eigenvalue weighted by atomic mass is 32.2. The van der Waals surface area contributed by atoms with Crippen molar-refractivity contribution >= 4 is 27.7 Å². The molecular formula is C17H31N3O4S2. The van der Waals surface area contributed by atoms with Gasteiger partial charge in [-0.3, -0.25) is 9.69 Å². The molecule has 9 heteroatoms. The predicted molar refractivity (Wildman–Crippen MR) is 104 cm³/mol. The molecule has 1 amide bonds. The van der Waals surface area contributed by atoms with Crippen molar-refractivity contribution in [3.8, 4) is 0 Å². The summed E-state index contributed by atoms with van der Waals surface area (Å²) in [5, 5.41) is 0. The number of piperidine rings is 1. The second-order valence-electron chi connectivity index (χ2n) is 7.46. The van der Waals surface area contributed by atoms with Gasteiger partial charge in [0.2, 0.25) is 15.9 Å². The summed E-state index contributed by atoms with van der Waals surface area (Å²) in [6, 6.07) is 0.251. The number of thioether (sulfide) groups is 1. The van der Waals surface area contributed by atoms with E-state index in [0.717, 1.165) is 57.3 Å². The van der Waals surface area contributed by atoms with Crippen molar-refractivity contribution in [2.75, 3.05) is 70.2 Å². The summed E-state index contributed by atoms with van der Waals surface area (Å²) < 4.78 is 30.3. The third-order valence-corrected chi connectivity index (χ3v) is 8.07. The zero-order valence-electron chi connectivity index (χ0n) is 15.6. The van der Waals surface area contributed by atoms with E-state index in [-0.39, 0.29) is 17.9 Å². The lowest BCUT2D eigenvalue weighted by Crippen LogP contribution is -2.53. The van der Waals surface area contributed by atoms with Crippen LogP contribution in [0, 0.1) is 5.92 Å². The molecule has 0 bridgehead atoms. The maximum absolute atomic E-state index is 13.2. The second-order valence-corrected chi connectivity index (χ2v) is 10.6. The van der Waals surface area contributed by atoms with E-state index in [1.807, 2.05) is 11.8 Å². The van der Waals surface area contributed by atoms with E-state index in [2.05, 4.69) is 9.80 Å². The quantitative estimate of drug-likeness (QED) is 0.671. The maximum Gasteiger partial charge on any atom is 0.226 e. The zero-order valence-corrected chi connectivity index (χ0v) is 17.3. The van der Waals surface area contributed by atoms with Crippen LogP contribution in [0.5, 0.6) is 0 Å². The Hall–Kier alpha value is -0.350. The van der Waals surface area contributed by atoms with Crippen LogP contribution in [0.1, 0.15) is 19.3 Å². The fraction of sp³-hybridized carbons (Fsp3) is 0.941. The Balaban J connectivity index is 1.61. The summed E-state index contributed by atoms with van der Waals surface area (Å²) in [4.78, 5) is 17.7. The number of sulfonamides is 1. The molecule has 0 aliphatic carbocycles. The molecule has 3 fully saturated rings. The molecular weight excluding hydrogens is 374 g/mol. The van der Waals surface area contributed by atoms with Crippen molar-refractivity contribution in [1.82, 2.24) is 14.1 Å². The van der Waals surface area contributed by atoms with Crippen LogP contribution in [0.3, 0.4) is 0 Å². The molecule has 0 aromatic heterocycles. The van der Waals surface area contributed by atoms with E-state index in [4.69, 9.17) is 4.74 Å². The molecule has 7 nitrogen and oxygen atoms in total. The number of nitrogens with zero attached hydrogens (tertiary/aromatic N) is 3. The molecule has 3 aliphatic rings. The van der Waals surface area contributed by atoms with Gasteiger partial charge in [0.25, 0.3) is 0 Å². The molecule has 3 saturated heterocycles. The van der Waals surface area contributed by atoms with E-state index in [1.165, 1.54) is 10.6 Å². The predicted octanol–water partition coefficient (Wildman–Crippen LogP) is 0.324. The largest absolute Gasteiger partial charge is 0.379 e. The molecule has 1 unspecified atom stereocenters. The number of carbonyl (C=O) groups excluding carboxylic acids is 1. The van der Waals surface area contributed by atoms with E-state index < -0.39 is 10.0 Å². The molecule has 0 radical (unpaired) electrons. The van der Waals surface area contributed by atoms with Gasteiger partial charge in [-0.05, 0) is 25.0 Å². The maximum atomic E-state index is 13.2. The lowest BCUT2D eigenvalue weighted by molar-refractivity contribution is -0.139. The van der Waals surface area contributed by atoms with E-state index in [9.17, 15) is 13.2 Å². The Kier molecular flexibility index (Phi) is 7.24. The third kappa shape index (κ3) is 5.34. The van der Waals surface area contributed by atoms with E-state index in [0.29, 0.717) is 25.9 Å². The van der Waals surface area contributed by atoms with Gasteiger partial charge in [0.15, 0.2) is 0 Å². The molecule has 0 N–H and O–H groups in total. The number of carbonyl (C=O) groups is 1. The van der Waals surface area contributed by atoms with Crippen molar-refractivity contribution in [3.05, 3.63) is 0 Å². The first kappa shape index (κ1) is 20.4. The number of morpholine rings is 1. The summed E-state index contributed by atoms with van der Waals surface area (Å²) >= 11 is 1.94. The van der Waals surface area contributed by atoms with Gasteiger partial charge in [-0.15, -0.1) is 0 Å². The second kappa shape index (κ2) is 9.23. The minimum Gasteiger partial charge on any atom is -0.379 e. The van der Waals surface area contributed by atoms with Crippen molar-refractivity contribution in [1.29, 1.82) is 0 Å². The standard InChI is InChI=1S/C17H31N3O4S2/c1-26(22,23)19-6-3-15(4-7-19)17(21)20-5-2-12-25-14-16(20)13-18-8-10-24-11-9-18/h15-16H,2-14H2,1H3. The summed E-state index contributed by atoms with van der Waals surface area (Å²) in [5.74, 6) is 2.29. The summed E-state index contributed by atoms with van der Waals surface area (Å²) in [7, 11) is -3.15. The summed E-state index contributed by atoms with van der Waals surface area (Å²) in [6.45, 7) is 6.11. The summed E-state index contributed by atoms with van der Waals surface area (Å²) in [6.07, 6.45) is 3.57. The van der Waals surface area contributed by atoms with Gasteiger partial charge in [0, 0.05) is 50.9 Å². The monoisotopic (exact) mass is 405 g/mol. The molecule has 3 rings (SSSR count). The molecule has 3 heterocycles. The highest BCUT2D eigenvalue weighted by molar-refractivity contribution is 7.99. The Bertz CT molecular complexity index is 573. The number of hydrogen-bond acceptors (Lipinski definition) is 6. The van der Waals surface area contributed by atoms with Crippen LogP contribution in [0.25, 0.3) is 0 Å². The Morgan fingerprint density at radius 3 is 2.46 bits per heavy atom. The number of ether oxygens (including phenoxy) is 1. The highest BCUT2D eigenvalue weighted by Gasteiger charge is 2.35. The van der Waals surface area contributed by atoms with Crippen molar-refractivity contribution in [3.63, 3.8) is 0 Å². The van der Waals surface area contributed by atoms with Crippen LogP contribution in [0.4, 0.5) is 0 Å². The van der Waals surface area contributed by atoms with Crippen molar-refractivity contribution in [2.45, 2.75) is 25.3 Å². The normalized spacial score (nSPS) is 28.0. The van der Waals surface area contributed by atoms with Gasteiger partial charge >= 0.3 is 0 Å². The molecule has 150 valence electrons. The lowest BCUT2D eigenvalue weighted by atomic mass is 9.95. The molecule has 26 heavy (non-hydrogen) atoms. The minimum absolute atomic E-state index is 0.0386. The number of hydrogen-bond donors (Lipinski definition) is 0. The molecule has 0 aromatic carbocycles. The Morgan fingerprint density at radius 2 is 1.81 bits per heavy atom. The van der Waals surface area contributed by atoms with Crippen LogP contribution < -0.4 is 0 Å². The molecule has 3 aliphatic heterocycles. The van der Waals surface area contributed by atoms with Crippen LogP contribution in [-0.4, -0.2) is 105 Å². The van der Waals surface area contributed by atoms with Gasteiger partial charge in [0.05, 0.1) is 25.5 Å². The topological polar surface area (TPSA) is 70.2 Å².